The van der Waals surface area contributed by atoms with Gasteiger partial charge in [-0.25, -0.2) is 17.9 Å². The molecule has 0 saturated heterocycles. The Bertz CT molecular complexity index is 586. The molecule has 1 atom stereocenters. The molecule has 112 valence electrons. The molecular weight excluding hydrogens is 346 g/mol. The van der Waals surface area contributed by atoms with Crippen LogP contribution in [0.5, 0.6) is 0 Å². The molecule has 0 bridgehead atoms. The highest BCUT2D eigenvalue weighted by molar-refractivity contribution is 9.10. The Labute approximate surface area is 127 Å². The molecule has 0 fully saturated rings. The number of carboxylic acids is 1. The van der Waals surface area contributed by atoms with Gasteiger partial charge in [-0.2, -0.15) is 0 Å². The first-order valence-corrected chi connectivity index (χ1v) is 8.64. The van der Waals surface area contributed by atoms with Crippen molar-refractivity contribution in [2.75, 3.05) is 0 Å². The van der Waals surface area contributed by atoms with E-state index in [2.05, 4.69) is 20.7 Å². The molecule has 0 aliphatic rings. The van der Waals surface area contributed by atoms with Gasteiger partial charge >= 0.3 is 5.97 Å². The summed E-state index contributed by atoms with van der Waals surface area (Å²) in [5, 5.41) is 8.95. The lowest BCUT2D eigenvalue weighted by Crippen LogP contribution is -2.34. The van der Waals surface area contributed by atoms with Crippen molar-refractivity contribution < 1.29 is 18.3 Å². The molecule has 0 aliphatic carbocycles. The predicted octanol–water partition coefficient (Wildman–Crippen LogP) is 3.00. The molecule has 0 saturated carbocycles. The maximum absolute atomic E-state index is 12.3. The van der Waals surface area contributed by atoms with E-state index in [1.54, 1.807) is 0 Å². The fourth-order valence-corrected chi connectivity index (χ4v) is 4.16. The molecule has 0 radical (unpaired) electrons. The minimum Gasteiger partial charge on any atom is -0.478 e. The van der Waals surface area contributed by atoms with Gasteiger partial charge in [-0.3, -0.25) is 0 Å². The molecule has 1 rings (SSSR count). The minimum atomic E-state index is -3.74. The topological polar surface area (TPSA) is 83.5 Å². The summed E-state index contributed by atoms with van der Waals surface area (Å²) >= 11 is 3.15. The lowest BCUT2D eigenvalue weighted by atomic mass is 10.1. The number of aromatic carboxylic acids is 1. The van der Waals surface area contributed by atoms with E-state index in [4.69, 9.17) is 5.11 Å². The van der Waals surface area contributed by atoms with Gasteiger partial charge in [0, 0.05) is 10.5 Å². The lowest BCUT2D eigenvalue weighted by molar-refractivity contribution is 0.0696. The monoisotopic (exact) mass is 363 g/mol. The average molecular weight is 364 g/mol. The van der Waals surface area contributed by atoms with Crippen LogP contribution in [0.2, 0.25) is 0 Å². The van der Waals surface area contributed by atoms with E-state index < -0.39 is 16.0 Å². The maximum Gasteiger partial charge on any atom is 0.335 e. The second kappa shape index (κ2) is 7.19. The molecule has 20 heavy (non-hydrogen) atoms. The number of halogens is 1. The third-order valence-electron chi connectivity index (χ3n) is 2.92. The fourth-order valence-electron chi connectivity index (χ4n) is 1.82. The highest BCUT2D eigenvalue weighted by Crippen LogP contribution is 2.24. The van der Waals surface area contributed by atoms with Gasteiger partial charge in [0.15, 0.2) is 0 Å². The van der Waals surface area contributed by atoms with Crippen molar-refractivity contribution in [3.05, 3.63) is 28.2 Å². The summed E-state index contributed by atoms with van der Waals surface area (Å²) < 4.78 is 27.6. The van der Waals surface area contributed by atoms with Crippen LogP contribution in [-0.4, -0.2) is 25.5 Å². The van der Waals surface area contributed by atoms with E-state index in [1.165, 1.54) is 12.1 Å². The van der Waals surface area contributed by atoms with Crippen LogP contribution >= 0.6 is 15.9 Å². The molecule has 0 aliphatic heterocycles. The smallest absolute Gasteiger partial charge is 0.335 e. The van der Waals surface area contributed by atoms with Gasteiger partial charge in [0.25, 0.3) is 0 Å². The summed E-state index contributed by atoms with van der Waals surface area (Å²) in [5.74, 6) is -1.16. The number of benzene rings is 1. The van der Waals surface area contributed by atoms with Gasteiger partial charge in [-0.15, -0.1) is 0 Å². The second-order valence-corrected chi connectivity index (χ2v) is 7.00. The molecule has 2 N–H and O–H groups in total. The highest BCUT2D eigenvalue weighted by Gasteiger charge is 2.22. The van der Waals surface area contributed by atoms with Crippen LogP contribution in [0, 0.1) is 0 Å². The van der Waals surface area contributed by atoms with Crippen LogP contribution < -0.4 is 4.72 Å². The van der Waals surface area contributed by atoms with E-state index in [-0.39, 0.29) is 16.5 Å². The number of rotatable bonds is 7. The number of hydrogen-bond acceptors (Lipinski definition) is 3. The molecule has 7 heteroatoms. The minimum absolute atomic E-state index is 0.0491. The summed E-state index contributed by atoms with van der Waals surface area (Å²) in [6.45, 7) is 3.89. The Morgan fingerprint density at radius 3 is 2.55 bits per heavy atom. The van der Waals surface area contributed by atoms with Crippen LogP contribution in [0.3, 0.4) is 0 Å². The zero-order valence-electron chi connectivity index (χ0n) is 11.4. The number of carboxylic acid groups (broad SMARTS) is 1. The van der Waals surface area contributed by atoms with Crippen molar-refractivity contribution in [2.24, 2.45) is 0 Å². The van der Waals surface area contributed by atoms with Gasteiger partial charge in [0.1, 0.15) is 0 Å². The highest BCUT2D eigenvalue weighted by atomic mass is 79.9. The first-order valence-electron chi connectivity index (χ1n) is 6.37. The van der Waals surface area contributed by atoms with Crippen molar-refractivity contribution in [2.45, 2.75) is 44.0 Å². The Balaban J connectivity index is 3.14. The Morgan fingerprint density at radius 2 is 2.05 bits per heavy atom. The fraction of sp³-hybridized carbons (Fsp3) is 0.462. The number of carbonyl (C=O) groups is 1. The summed E-state index contributed by atoms with van der Waals surface area (Å²) in [5.41, 5.74) is -0.0582. The van der Waals surface area contributed by atoms with Crippen LogP contribution in [0.25, 0.3) is 0 Å². The van der Waals surface area contributed by atoms with Crippen molar-refractivity contribution >= 4 is 31.9 Å². The van der Waals surface area contributed by atoms with Crippen LogP contribution in [0.15, 0.2) is 27.6 Å². The zero-order chi connectivity index (χ0) is 15.3. The molecule has 1 aromatic carbocycles. The average Bonchev–Trinajstić information content (AvgIpc) is 2.37. The number of nitrogens with one attached hydrogen (secondary N) is 1. The van der Waals surface area contributed by atoms with E-state index >= 15 is 0 Å². The van der Waals surface area contributed by atoms with Crippen molar-refractivity contribution in [1.82, 2.24) is 4.72 Å². The molecule has 0 spiro atoms. The zero-order valence-corrected chi connectivity index (χ0v) is 13.8. The molecule has 0 aromatic heterocycles. The molecule has 1 aromatic rings. The Hall–Kier alpha value is -0.920. The van der Waals surface area contributed by atoms with E-state index in [0.717, 1.165) is 18.9 Å². The third kappa shape index (κ3) is 4.29. The normalized spacial score (nSPS) is 13.2. The maximum atomic E-state index is 12.3. The van der Waals surface area contributed by atoms with E-state index in [1.807, 2.05) is 13.8 Å². The van der Waals surface area contributed by atoms with Crippen molar-refractivity contribution in [3.63, 3.8) is 0 Å². The molecule has 1 unspecified atom stereocenters. The van der Waals surface area contributed by atoms with Crippen LogP contribution in [0.4, 0.5) is 0 Å². The Morgan fingerprint density at radius 1 is 1.40 bits per heavy atom. The third-order valence-corrected chi connectivity index (χ3v) is 5.43. The first-order chi connectivity index (χ1) is 9.31. The number of hydrogen-bond donors (Lipinski definition) is 2. The summed E-state index contributed by atoms with van der Waals surface area (Å²) in [6.07, 6.45) is 2.30. The lowest BCUT2D eigenvalue weighted by Gasteiger charge is -2.17. The molecule has 0 heterocycles. The van der Waals surface area contributed by atoms with Crippen LogP contribution in [0.1, 0.15) is 43.5 Å². The number of sulfonamides is 1. The first kappa shape index (κ1) is 17.1. The summed E-state index contributed by atoms with van der Waals surface area (Å²) in [7, 11) is -3.74. The quantitative estimate of drug-likeness (QED) is 0.779. The van der Waals surface area contributed by atoms with Crippen LogP contribution in [-0.2, 0) is 10.0 Å². The standard InChI is InChI=1S/C13H18BrNO4S/c1-3-5-10(4-2)15-20(18,19)12-8-9(13(16)17)6-7-11(12)14/h6-8,10,15H,3-5H2,1-2H3,(H,16,17). The predicted molar refractivity (Wildman–Crippen MR) is 80.4 cm³/mol. The van der Waals surface area contributed by atoms with E-state index in [9.17, 15) is 13.2 Å². The molecular formula is C13H18BrNO4S. The van der Waals surface area contributed by atoms with Gasteiger partial charge in [0.05, 0.1) is 10.5 Å². The van der Waals surface area contributed by atoms with Gasteiger partial charge < -0.3 is 5.11 Å². The van der Waals surface area contributed by atoms with Gasteiger partial charge in [-0.1, -0.05) is 20.3 Å². The van der Waals surface area contributed by atoms with Gasteiger partial charge in [-0.05, 0) is 47.0 Å². The van der Waals surface area contributed by atoms with Gasteiger partial charge in [0.2, 0.25) is 10.0 Å². The molecule has 0 amide bonds. The van der Waals surface area contributed by atoms with Crippen molar-refractivity contribution in [3.8, 4) is 0 Å². The Kier molecular flexibility index (Phi) is 6.16. The molecule has 5 nitrogen and oxygen atoms in total. The summed E-state index contributed by atoms with van der Waals surface area (Å²) in [4.78, 5) is 10.9. The van der Waals surface area contributed by atoms with Crippen molar-refractivity contribution in [1.29, 1.82) is 0 Å². The van der Waals surface area contributed by atoms with E-state index in [0.29, 0.717) is 10.9 Å². The SMILES string of the molecule is CCCC(CC)NS(=O)(=O)c1cc(C(=O)O)ccc1Br. The summed E-state index contributed by atoms with van der Waals surface area (Å²) in [6, 6.07) is 3.80. The largest absolute Gasteiger partial charge is 0.478 e. The second-order valence-electron chi connectivity index (χ2n) is 4.47.